The van der Waals surface area contributed by atoms with E-state index in [2.05, 4.69) is 0 Å². The maximum absolute atomic E-state index is 13.0. The van der Waals surface area contributed by atoms with Crippen molar-refractivity contribution in [1.29, 1.82) is 0 Å². The van der Waals surface area contributed by atoms with Crippen LogP contribution in [0.4, 0.5) is 4.39 Å². The quantitative estimate of drug-likeness (QED) is 0.570. The van der Waals surface area contributed by atoms with Gasteiger partial charge in [0.25, 0.3) is 0 Å². The van der Waals surface area contributed by atoms with E-state index in [-0.39, 0.29) is 11.6 Å². The topological polar surface area (TPSA) is 17.1 Å². The van der Waals surface area contributed by atoms with Crippen LogP contribution in [0.5, 0.6) is 0 Å². The smallest absolute Gasteiger partial charge is 0.161 e. The molecule has 0 aromatic heterocycles. The van der Waals surface area contributed by atoms with Crippen molar-refractivity contribution in [2.45, 2.75) is 13.8 Å². The van der Waals surface area contributed by atoms with Gasteiger partial charge in [0.1, 0.15) is 5.82 Å². The number of benzene rings is 1. The number of Topliss-reactive ketones (excluding diaryl/α,β-unsaturated/α-hetero) is 1. The highest BCUT2D eigenvalue weighted by Crippen LogP contribution is 2.20. The number of hydrogen-bond acceptors (Lipinski definition) is 1. The number of hydrogen-bond donors (Lipinski definition) is 0. The summed E-state index contributed by atoms with van der Waals surface area (Å²) in [6, 6.07) is 3.00. The highest BCUT2D eigenvalue weighted by Gasteiger charge is 2.11. The van der Waals surface area contributed by atoms with Crippen LogP contribution in [-0.4, -0.2) is 5.78 Å². The van der Waals surface area contributed by atoms with E-state index < -0.39 is 0 Å². The standard InChI is InChI=1S/C9H8FIO/c1-5-3-4-7(10)9(11)8(5)6(2)12/h3-4H,1-2H3. The van der Waals surface area contributed by atoms with Crippen molar-refractivity contribution in [3.05, 3.63) is 32.6 Å². The van der Waals surface area contributed by atoms with Gasteiger partial charge in [0.15, 0.2) is 5.78 Å². The van der Waals surface area contributed by atoms with E-state index in [0.717, 1.165) is 5.56 Å². The molecule has 12 heavy (non-hydrogen) atoms. The molecule has 0 saturated heterocycles. The Kier molecular flexibility index (Phi) is 2.82. The molecule has 1 nitrogen and oxygen atoms in total. The van der Waals surface area contributed by atoms with Crippen molar-refractivity contribution in [3.8, 4) is 0 Å². The number of aryl methyl sites for hydroxylation is 1. The minimum absolute atomic E-state index is 0.0867. The van der Waals surface area contributed by atoms with Gasteiger partial charge in [-0.1, -0.05) is 6.07 Å². The van der Waals surface area contributed by atoms with E-state index in [4.69, 9.17) is 0 Å². The summed E-state index contributed by atoms with van der Waals surface area (Å²) in [5.74, 6) is -0.414. The van der Waals surface area contributed by atoms with E-state index >= 15 is 0 Å². The van der Waals surface area contributed by atoms with Crippen LogP contribution in [0.15, 0.2) is 12.1 Å². The second-order valence-corrected chi connectivity index (χ2v) is 3.69. The molecule has 0 atom stereocenters. The van der Waals surface area contributed by atoms with Gasteiger partial charge in [0.2, 0.25) is 0 Å². The maximum atomic E-state index is 13.0. The van der Waals surface area contributed by atoms with Crippen molar-refractivity contribution >= 4 is 28.4 Å². The van der Waals surface area contributed by atoms with Crippen LogP contribution in [-0.2, 0) is 0 Å². The lowest BCUT2D eigenvalue weighted by atomic mass is 10.1. The number of rotatable bonds is 1. The first-order valence-electron chi connectivity index (χ1n) is 3.49. The van der Waals surface area contributed by atoms with Crippen molar-refractivity contribution in [1.82, 2.24) is 0 Å². The highest BCUT2D eigenvalue weighted by atomic mass is 127. The molecule has 0 saturated carbocycles. The average molecular weight is 278 g/mol. The molecule has 64 valence electrons. The van der Waals surface area contributed by atoms with E-state index in [9.17, 15) is 9.18 Å². The molecule has 0 aliphatic carbocycles. The number of halogens is 2. The number of carbonyl (C=O) groups is 1. The van der Waals surface area contributed by atoms with Crippen LogP contribution >= 0.6 is 22.6 Å². The van der Waals surface area contributed by atoms with Gasteiger partial charge < -0.3 is 0 Å². The number of carbonyl (C=O) groups excluding carboxylic acids is 1. The monoisotopic (exact) mass is 278 g/mol. The molecule has 0 aliphatic heterocycles. The molecule has 0 spiro atoms. The Morgan fingerprint density at radius 3 is 2.50 bits per heavy atom. The predicted octanol–water partition coefficient (Wildman–Crippen LogP) is 2.94. The van der Waals surface area contributed by atoms with E-state index in [1.807, 2.05) is 22.6 Å². The summed E-state index contributed by atoms with van der Waals surface area (Å²) < 4.78 is 13.4. The normalized spacial score (nSPS) is 10.0. The molecule has 1 rings (SSSR count). The van der Waals surface area contributed by atoms with Crippen molar-refractivity contribution in [2.24, 2.45) is 0 Å². The summed E-state index contributed by atoms with van der Waals surface area (Å²) in [6.45, 7) is 3.25. The SMILES string of the molecule is CC(=O)c1c(C)ccc(F)c1I. The third-order valence-electron chi connectivity index (χ3n) is 1.66. The second-order valence-electron chi connectivity index (χ2n) is 2.61. The molecule has 0 unspecified atom stereocenters. The summed E-state index contributed by atoms with van der Waals surface area (Å²) in [6.07, 6.45) is 0. The third kappa shape index (κ3) is 1.65. The first-order chi connectivity index (χ1) is 5.54. The van der Waals surface area contributed by atoms with Crippen LogP contribution in [0.3, 0.4) is 0 Å². The molecule has 0 bridgehead atoms. The Hall–Kier alpha value is -0.450. The second kappa shape index (κ2) is 3.51. The third-order valence-corrected chi connectivity index (χ3v) is 2.71. The zero-order valence-corrected chi connectivity index (χ0v) is 8.98. The van der Waals surface area contributed by atoms with Gasteiger partial charge in [-0.05, 0) is 48.1 Å². The van der Waals surface area contributed by atoms with Crippen LogP contribution in [0.1, 0.15) is 22.8 Å². The van der Waals surface area contributed by atoms with E-state index in [0.29, 0.717) is 9.13 Å². The Labute approximate surface area is 84.1 Å². The molecule has 0 amide bonds. The molecule has 0 fully saturated rings. The highest BCUT2D eigenvalue weighted by molar-refractivity contribution is 14.1. The number of ketones is 1. The fourth-order valence-electron chi connectivity index (χ4n) is 1.08. The fourth-order valence-corrected chi connectivity index (χ4v) is 2.06. The van der Waals surface area contributed by atoms with Gasteiger partial charge in [-0.25, -0.2) is 4.39 Å². The van der Waals surface area contributed by atoms with Crippen molar-refractivity contribution in [2.75, 3.05) is 0 Å². The molecule has 0 heterocycles. The molecular weight excluding hydrogens is 270 g/mol. The molecule has 0 N–H and O–H groups in total. The fraction of sp³-hybridized carbons (Fsp3) is 0.222. The molecule has 1 aromatic rings. The summed E-state index contributed by atoms with van der Waals surface area (Å²) >= 11 is 1.85. The van der Waals surface area contributed by atoms with Gasteiger partial charge >= 0.3 is 0 Å². The zero-order chi connectivity index (χ0) is 9.30. The van der Waals surface area contributed by atoms with Crippen LogP contribution in [0.25, 0.3) is 0 Å². The lowest BCUT2D eigenvalue weighted by Gasteiger charge is -2.04. The van der Waals surface area contributed by atoms with E-state index in [1.165, 1.54) is 13.0 Å². The molecule has 0 radical (unpaired) electrons. The van der Waals surface area contributed by atoms with Crippen LogP contribution in [0.2, 0.25) is 0 Å². The lowest BCUT2D eigenvalue weighted by Crippen LogP contribution is -2.01. The van der Waals surface area contributed by atoms with Crippen molar-refractivity contribution in [3.63, 3.8) is 0 Å². The first-order valence-corrected chi connectivity index (χ1v) is 4.57. The molecular formula is C9H8FIO. The van der Waals surface area contributed by atoms with Gasteiger partial charge in [0, 0.05) is 5.56 Å². The average Bonchev–Trinajstić information content (AvgIpc) is 1.97. The van der Waals surface area contributed by atoms with Crippen LogP contribution < -0.4 is 0 Å². The summed E-state index contributed by atoms with van der Waals surface area (Å²) in [5.41, 5.74) is 1.32. The Balaban J connectivity index is 3.43. The molecule has 1 aromatic carbocycles. The predicted molar refractivity (Wildman–Crippen MR) is 53.9 cm³/mol. The molecule has 0 aliphatic rings. The minimum atomic E-state index is -0.327. The van der Waals surface area contributed by atoms with E-state index in [1.54, 1.807) is 13.0 Å². The van der Waals surface area contributed by atoms with Crippen molar-refractivity contribution < 1.29 is 9.18 Å². The molecule has 3 heteroatoms. The van der Waals surface area contributed by atoms with Crippen LogP contribution in [0, 0.1) is 16.3 Å². The Morgan fingerprint density at radius 1 is 1.50 bits per heavy atom. The minimum Gasteiger partial charge on any atom is -0.294 e. The zero-order valence-electron chi connectivity index (χ0n) is 6.82. The maximum Gasteiger partial charge on any atom is 0.161 e. The lowest BCUT2D eigenvalue weighted by molar-refractivity contribution is 0.101. The largest absolute Gasteiger partial charge is 0.294 e. The first kappa shape index (κ1) is 9.64. The van der Waals surface area contributed by atoms with Gasteiger partial charge in [-0.2, -0.15) is 0 Å². The summed E-state index contributed by atoms with van der Waals surface area (Å²) in [7, 11) is 0. The summed E-state index contributed by atoms with van der Waals surface area (Å²) in [5, 5.41) is 0. The van der Waals surface area contributed by atoms with Gasteiger partial charge in [0.05, 0.1) is 3.57 Å². The Bertz CT molecular complexity index is 334. The van der Waals surface area contributed by atoms with Gasteiger partial charge in [-0.15, -0.1) is 0 Å². The summed E-state index contributed by atoms with van der Waals surface area (Å²) in [4.78, 5) is 11.1. The van der Waals surface area contributed by atoms with Gasteiger partial charge in [-0.3, -0.25) is 4.79 Å². The Morgan fingerprint density at radius 2 is 2.08 bits per heavy atom.